The van der Waals surface area contributed by atoms with Crippen LogP contribution in [0.3, 0.4) is 0 Å². The molecule has 148 heavy (non-hydrogen) atoms. The normalized spacial score (nSPS) is 11.5. The second kappa shape index (κ2) is 116. The van der Waals surface area contributed by atoms with E-state index in [-0.39, 0.29) is 49.4 Å². The van der Waals surface area contributed by atoms with Crippen LogP contribution in [0.25, 0.3) is 0 Å². The van der Waals surface area contributed by atoms with E-state index in [2.05, 4.69) is 51.8 Å². The molecule has 866 valence electrons. The first-order chi connectivity index (χ1) is 73.1. The minimum Gasteiger partial charge on any atom is -0.447 e. The molecule has 2 rings (SSSR count). The summed E-state index contributed by atoms with van der Waals surface area (Å²) < 4.78 is 198. The summed E-state index contributed by atoms with van der Waals surface area (Å²) in [7, 11) is 0. The van der Waals surface area contributed by atoms with Gasteiger partial charge in [-0.05, 0) is 39.5 Å². The zero-order valence-corrected chi connectivity index (χ0v) is 88.2. The number of nitrogens with one attached hydrogen (secondary N) is 8. The number of aromatic amines is 2. The predicted octanol–water partition coefficient (Wildman–Crippen LogP) is 2.55. The summed E-state index contributed by atoms with van der Waals surface area (Å²) in [4.78, 5) is 83.6. The summed E-state index contributed by atoms with van der Waals surface area (Å²) in [5, 5.41) is 15.8. The Bertz CT molecular complexity index is 3050. The lowest BCUT2D eigenvalue weighted by molar-refractivity contribution is -0.0327. The lowest BCUT2D eigenvalue weighted by Crippen LogP contribution is -2.31. The fourth-order valence-electron chi connectivity index (χ4n) is 11.4. The molecule has 6 amide bonds. The Labute approximate surface area is 872 Å². The van der Waals surface area contributed by atoms with Gasteiger partial charge in [0, 0.05) is 49.7 Å². The molecule has 52 nitrogen and oxygen atoms in total. The average molecular weight is 2150 g/mol. The van der Waals surface area contributed by atoms with Crippen LogP contribution < -0.4 is 43.0 Å². The average Bonchev–Trinajstić information content (AvgIpc) is 0.888. The molecule has 0 fully saturated rings. The van der Waals surface area contributed by atoms with E-state index in [1.807, 2.05) is 0 Å². The minimum atomic E-state index is -0.500. The SMILES string of the molecule is Cc1cc(=O)[nH]c(NC(=O)NCCCCCCNC(=O)OCCOCCOCCOCCOCCOCCOCCOCCOCCOCCOCCOCCOCCOCCOCCOCCOCCOCCOCCOCCOCCOCCOCCOCCOCCOCCOCCOCCOCCOCCOCCOCCOCCOCCOCCOC(=O)NCCCCCCNC(=O)Nc2nc(C)cc(=O)[nH]2)n1. The summed E-state index contributed by atoms with van der Waals surface area (Å²) in [5.41, 5.74) is 0.339. The van der Waals surface area contributed by atoms with Crippen molar-refractivity contribution in [1.82, 2.24) is 41.2 Å². The van der Waals surface area contributed by atoms with Crippen molar-refractivity contribution in [2.24, 2.45) is 0 Å². The second-order valence-corrected chi connectivity index (χ2v) is 31.0. The minimum absolute atomic E-state index is 0.0974. The van der Waals surface area contributed by atoms with Crippen molar-refractivity contribution in [1.29, 1.82) is 0 Å². The third kappa shape index (κ3) is 109. The van der Waals surface area contributed by atoms with Gasteiger partial charge in [-0.3, -0.25) is 30.2 Å². The van der Waals surface area contributed by atoms with Crippen molar-refractivity contribution in [3.63, 3.8) is 0 Å². The number of hydrogen-bond donors (Lipinski definition) is 8. The smallest absolute Gasteiger partial charge is 0.407 e. The number of hydrogen-bond acceptors (Lipinski definition) is 44. The van der Waals surface area contributed by atoms with Gasteiger partial charge in [0.05, 0.1) is 449 Å². The van der Waals surface area contributed by atoms with E-state index < -0.39 is 24.2 Å². The van der Waals surface area contributed by atoms with Gasteiger partial charge in [0.25, 0.3) is 11.1 Å². The Hall–Kier alpha value is -6.52. The molecule has 0 aliphatic heterocycles. The first kappa shape index (κ1) is 138. The van der Waals surface area contributed by atoms with Crippen LogP contribution in [0.15, 0.2) is 21.7 Å². The second-order valence-electron chi connectivity index (χ2n) is 31.0. The van der Waals surface area contributed by atoms with Crippen molar-refractivity contribution < 1.29 is 190 Å². The van der Waals surface area contributed by atoms with Crippen molar-refractivity contribution in [3.05, 3.63) is 44.2 Å². The van der Waals surface area contributed by atoms with E-state index in [1.165, 1.54) is 12.1 Å². The third-order valence-corrected chi connectivity index (χ3v) is 18.7. The number of amides is 6. The van der Waals surface area contributed by atoms with E-state index >= 15 is 0 Å². The van der Waals surface area contributed by atoms with E-state index in [1.54, 1.807) is 13.8 Å². The number of aromatic nitrogens is 4. The summed E-state index contributed by atoms with van der Waals surface area (Å²) >= 11 is 0. The van der Waals surface area contributed by atoms with Crippen molar-refractivity contribution in [3.8, 4) is 0 Å². The number of carbonyl (C=O) groups is 4. The molecule has 0 saturated carbocycles. The fourth-order valence-corrected chi connectivity index (χ4v) is 11.4. The molecule has 0 radical (unpaired) electrons. The van der Waals surface area contributed by atoms with Gasteiger partial charge in [-0.25, -0.2) is 29.1 Å². The number of nitrogens with zero attached hydrogens (tertiary/aromatic N) is 2. The van der Waals surface area contributed by atoms with Gasteiger partial charge >= 0.3 is 24.2 Å². The highest BCUT2D eigenvalue weighted by molar-refractivity contribution is 5.87. The van der Waals surface area contributed by atoms with Gasteiger partial charge in [0.2, 0.25) is 11.9 Å². The molecular weight excluding hydrogens is 1970 g/mol. The van der Waals surface area contributed by atoms with Crippen LogP contribution in [0.1, 0.15) is 62.8 Å². The number of rotatable bonds is 121. The number of H-pyrrole nitrogens is 2. The van der Waals surface area contributed by atoms with Crippen molar-refractivity contribution in [2.75, 3.05) is 499 Å². The number of alkyl carbamates (subject to hydrolysis) is 2. The maximum absolute atomic E-state index is 12.0. The molecule has 8 N–H and O–H groups in total. The molecule has 0 saturated heterocycles. The van der Waals surface area contributed by atoms with Crippen LogP contribution >= 0.6 is 0 Å². The quantitative estimate of drug-likeness (QED) is 0.0441. The van der Waals surface area contributed by atoms with Crippen LogP contribution in [0.4, 0.5) is 31.1 Å². The van der Waals surface area contributed by atoms with Crippen molar-refractivity contribution >= 4 is 36.1 Å². The van der Waals surface area contributed by atoms with Gasteiger partial charge in [-0.15, -0.1) is 0 Å². The zero-order valence-electron chi connectivity index (χ0n) is 88.2. The summed E-state index contributed by atoms with van der Waals surface area (Å²) in [6.07, 6.45) is 5.55. The van der Waals surface area contributed by atoms with Gasteiger partial charge in [0.15, 0.2) is 0 Å². The Balaban J connectivity index is 1.08. The number of ether oxygens (including phenoxy) is 36. The molecular formula is C96H180N10O42. The Kier molecular flexibility index (Phi) is 108. The maximum atomic E-state index is 12.0. The van der Waals surface area contributed by atoms with E-state index in [0.717, 1.165) is 51.4 Å². The zero-order chi connectivity index (χ0) is 106. The van der Waals surface area contributed by atoms with Crippen LogP contribution in [0.5, 0.6) is 0 Å². The summed E-state index contributed by atoms with van der Waals surface area (Å²) in [6.45, 7) is 36.0. The lowest BCUT2D eigenvalue weighted by atomic mass is 10.2. The molecule has 0 spiro atoms. The molecule has 2 aromatic rings. The van der Waals surface area contributed by atoms with Crippen molar-refractivity contribution in [2.45, 2.75) is 65.2 Å². The highest BCUT2D eigenvalue weighted by Crippen LogP contribution is 2.04. The monoisotopic (exact) mass is 2150 g/mol. The molecule has 0 atom stereocenters. The highest BCUT2D eigenvalue weighted by Gasteiger charge is 2.11. The Morgan fingerprint density at radius 2 is 0.311 bits per heavy atom. The first-order valence-electron chi connectivity index (χ1n) is 51.8. The molecule has 0 aromatic carbocycles. The number of anilines is 2. The number of carbonyl (C=O) groups excluding carboxylic acids is 4. The topological polar surface area (TPSA) is 564 Å². The molecule has 2 heterocycles. The summed E-state index contributed by atoms with van der Waals surface area (Å²) in [5.74, 6) is 0.195. The molecule has 2 aromatic heterocycles. The lowest BCUT2D eigenvalue weighted by Gasteiger charge is -2.09. The maximum Gasteiger partial charge on any atom is 0.407 e. The Morgan fingerprint density at radius 3 is 0.439 bits per heavy atom. The van der Waals surface area contributed by atoms with Crippen LogP contribution in [-0.2, 0) is 171 Å². The third-order valence-electron chi connectivity index (χ3n) is 18.7. The number of unbranched alkanes of at least 4 members (excludes halogenated alkanes) is 6. The van der Waals surface area contributed by atoms with E-state index in [9.17, 15) is 28.8 Å². The Morgan fingerprint density at radius 1 is 0.189 bits per heavy atom. The number of urea groups is 2. The van der Waals surface area contributed by atoms with Gasteiger partial charge < -0.3 is 192 Å². The standard InChI is InChI=1S/C96H180N10O42/c1-87-85-89(107)103-91(101-87)105-93(109)97-11-7-3-5-9-13-99-95(111)147-83-81-145-79-77-143-75-73-141-71-69-139-67-65-137-63-61-135-59-57-133-55-53-131-51-49-129-47-45-127-43-41-125-39-37-123-35-33-121-31-29-119-27-25-117-23-21-115-19-17-113-15-16-114-18-20-116-22-24-118-26-28-120-30-32-122-34-36-124-38-40-126-42-44-128-46-48-130-50-52-132-54-56-134-58-60-136-62-64-138-66-68-140-70-72-142-74-76-144-78-80-146-82-84-148-96(112)100-14-10-6-4-8-12-98-94(110)106-92-102-88(2)86-90(108)104-92/h85-86H,3-84H2,1-2H3,(H,99,111)(H,100,112)(H3,97,101,103,105,107,109)(H3,98,102,104,106,108,110). The molecule has 0 aliphatic rings. The fraction of sp³-hybridized carbons (Fsp3) is 0.875. The molecule has 0 bridgehead atoms. The highest BCUT2D eigenvalue weighted by atomic mass is 16.6. The van der Waals surface area contributed by atoms with Gasteiger partial charge in [-0.1, -0.05) is 25.7 Å². The van der Waals surface area contributed by atoms with Crippen LogP contribution in [0.2, 0.25) is 0 Å². The van der Waals surface area contributed by atoms with Crippen LogP contribution in [-0.4, -0.2) is 533 Å². The number of aryl methyl sites for hydroxylation is 2. The summed E-state index contributed by atoms with van der Waals surface area (Å²) in [6, 6.07) is 1.79. The van der Waals surface area contributed by atoms with E-state index in [0.29, 0.717) is 474 Å². The largest absolute Gasteiger partial charge is 0.447 e. The van der Waals surface area contributed by atoms with E-state index in [4.69, 9.17) is 171 Å². The van der Waals surface area contributed by atoms with Gasteiger partial charge in [0.1, 0.15) is 13.2 Å². The molecule has 0 unspecified atom stereocenters. The van der Waals surface area contributed by atoms with Crippen LogP contribution in [0, 0.1) is 13.8 Å². The molecule has 0 aliphatic carbocycles. The van der Waals surface area contributed by atoms with Gasteiger partial charge in [-0.2, -0.15) is 0 Å². The first-order valence-corrected chi connectivity index (χ1v) is 51.8. The molecule has 52 heteroatoms. The predicted molar refractivity (Wildman–Crippen MR) is 537 cm³/mol.